The van der Waals surface area contributed by atoms with E-state index in [-0.39, 0.29) is 24.2 Å². The summed E-state index contributed by atoms with van der Waals surface area (Å²) in [5.74, 6) is -0.526. The molecule has 31 heavy (non-hydrogen) atoms. The van der Waals surface area contributed by atoms with E-state index in [1.165, 1.54) is 21.5 Å². The van der Waals surface area contributed by atoms with Crippen molar-refractivity contribution in [2.45, 2.75) is 25.3 Å². The Kier molecular flexibility index (Phi) is 4.78. The van der Waals surface area contributed by atoms with Crippen LogP contribution in [-0.4, -0.2) is 25.5 Å². The lowest BCUT2D eigenvalue weighted by atomic mass is 10.2. The van der Waals surface area contributed by atoms with Crippen LogP contribution in [0.15, 0.2) is 59.5 Å². The van der Waals surface area contributed by atoms with Crippen LogP contribution in [-0.2, 0) is 11.3 Å². The van der Waals surface area contributed by atoms with Gasteiger partial charge in [0.2, 0.25) is 5.91 Å². The highest BCUT2D eigenvalue weighted by Gasteiger charge is 2.30. The summed E-state index contributed by atoms with van der Waals surface area (Å²) >= 11 is 5.87. The molecule has 4 aromatic rings. The summed E-state index contributed by atoms with van der Waals surface area (Å²) in [5.41, 5.74) is 1.76. The Balaban J connectivity index is 1.55. The summed E-state index contributed by atoms with van der Waals surface area (Å²) in [5, 5.41) is 12.8. The van der Waals surface area contributed by atoms with E-state index in [0.29, 0.717) is 27.3 Å². The van der Waals surface area contributed by atoms with Crippen LogP contribution in [0.5, 0.6) is 0 Å². The van der Waals surface area contributed by atoms with Gasteiger partial charge in [0.1, 0.15) is 17.9 Å². The van der Waals surface area contributed by atoms with Crippen molar-refractivity contribution in [3.8, 4) is 5.69 Å². The van der Waals surface area contributed by atoms with Gasteiger partial charge in [-0.3, -0.25) is 9.59 Å². The van der Waals surface area contributed by atoms with Crippen LogP contribution in [0.2, 0.25) is 5.02 Å². The normalized spacial score (nSPS) is 13.5. The summed E-state index contributed by atoms with van der Waals surface area (Å²) in [6.45, 7) is -0.244. The van der Waals surface area contributed by atoms with Crippen LogP contribution in [0, 0.1) is 5.82 Å². The summed E-state index contributed by atoms with van der Waals surface area (Å²) in [7, 11) is 0. The minimum absolute atomic E-state index is 0.236. The second kappa shape index (κ2) is 7.63. The van der Waals surface area contributed by atoms with Crippen LogP contribution in [0.4, 0.5) is 10.1 Å². The number of anilines is 1. The maximum absolute atomic E-state index is 13.4. The Morgan fingerprint density at radius 2 is 1.84 bits per heavy atom. The molecule has 1 saturated carbocycles. The molecule has 5 rings (SSSR count). The molecule has 1 amide bonds. The van der Waals surface area contributed by atoms with Crippen molar-refractivity contribution in [1.29, 1.82) is 0 Å². The highest BCUT2D eigenvalue weighted by atomic mass is 35.5. The van der Waals surface area contributed by atoms with Crippen LogP contribution in [0.1, 0.15) is 24.5 Å². The molecule has 0 unspecified atom stereocenters. The van der Waals surface area contributed by atoms with E-state index >= 15 is 0 Å². The summed E-state index contributed by atoms with van der Waals surface area (Å²) in [4.78, 5) is 25.8. The van der Waals surface area contributed by atoms with E-state index in [1.54, 1.807) is 42.6 Å². The fourth-order valence-corrected chi connectivity index (χ4v) is 3.63. The third kappa shape index (κ3) is 3.82. The van der Waals surface area contributed by atoms with Crippen molar-refractivity contribution in [3.05, 3.63) is 81.6 Å². The Morgan fingerprint density at radius 1 is 1.13 bits per heavy atom. The zero-order valence-corrected chi connectivity index (χ0v) is 17.0. The van der Waals surface area contributed by atoms with Gasteiger partial charge in [-0.05, 0) is 61.4 Å². The average molecular weight is 438 g/mol. The number of halogens is 2. The Labute approximate surface area is 181 Å². The summed E-state index contributed by atoms with van der Waals surface area (Å²) in [6, 6.07) is 12.4. The standard InChI is InChI=1S/C22H17ClFN5O2/c23-14-3-7-16(8-4-14)26-19(30)12-28-22(31)21-18(20(27-28)13-1-2-13)11-25-29(21)17-9-5-15(24)6-10-17/h3-11,13H,1-2,12H2,(H,26,30). The second-order valence-electron chi connectivity index (χ2n) is 7.47. The van der Waals surface area contributed by atoms with Gasteiger partial charge in [-0.2, -0.15) is 10.2 Å². The number of fused-ring (bicyclic) bond motifs is 1. The largest absolute Gasteiger partial charge is 0.324 e. The first-order chi connectivity index (χ1) is 15.0. The molecule has 0 atom stereocenters. The highest BCUT2D eigenvalue weighted by molar-refractivity contribution is 6.30. The molecule has 0 saturated heterocycles. The zero-order chi connectivity index (χ0) is 21.5. The number of rotatable bonds is 5. The fraction of sp³-hybridized carbons (Fsp3) is 0.182. The third-order valence-electron chi connectivity index (χ3n) is 5.17. The number of carbonyl (C=O) groups is 1. The molecule has 2 aromatic carbocycles. The van der Waals surface area contributed by atoms with Gasteiger partial charge >= 0.3 is 0 Å². The van der Waals surface area contributed by atoms with Crippen molar-refractivity contribution in [1.82, 2.24) is 19.6 Å². The average Bonchev–Trinajstić information content (AvgIpc) is 3.50. The van der Waals surface area contributed by atoms with E-state index in [4.69, 9.17) is 11.6 Å². The molecule has 2 aromatic heterocycles. The Bertz CT molecular complexity index is 1340. The molecular formula is C22H17ClFN5O2. The van der Waals surface area contributed by atoms with Crippen LogP contribution in [0.3, 0.4) is 0 Å². The number of carbonyl (C=O) groups excluding carboxylic acids is 1. The summed E-state index contributed by atoms with van der Waals surface area (Å²) in [6.07, 6.45) is 3.55. The van der Waals surface area contributed by atoms with Crippen LogP contribution >= 0.6 is 11.6 Å². The second-order valence-corrected chi connectivity index (χ2v) is 7.91. The Hall–Kier alpha value is -3.52. The van der Waals surface area contributed by atoms with E-state index in [9.17, 15) is 14.0 Å². The molecule has 0 bridgehead atoms. The van der Waals surface area contributed by atoms with Gasteiger partial charge in [-0.1, -0.05) is 11.6 Å². The fourth-order valence-electron chi connectivity index (χ4n) is 3.51. The topological polar surface area (TPSA) is 81.8 Å². The van der Waals surface area contributed by atoms with E-state index in [2.05, 4.69) is 15.5 Å². The highest BCUT2D eigenvalue weighted by Crippen LogP contribution is 2.41. The zero-order valence-electron chi connectivity index (χ0n) is 16.3. The lowest BCUT2D eigenvalue weighted by molar-refractivity contribution is -0.117. The SMILES string of the molecule is O=C(Cn1nc(C2CC2)c2cnn(-c3ccc(F)cc3)c2c1=O)Nc1ccc(Cl)cc1. The van der Waals surface area contributed by atoms with Crippen molar-refractivity contribution in [3.63, 3.8) is 0 Å². The van der Waals surface area contributed by atoms with Gasteiger partial charge in [-0.25, -0.2) is 13.8 Å². The van der Waals surface area contributed by atoms with Crippen molar-refractivity contribution < 1.29 is 9.18 Å². The molecule has 7 nitrogen and oxygen atoms in total. The number of nitrogens with zero attached hydrogens (tertiary/aromatic N) is 4. The van der Waals surface area contributed by atoms with Crippen molar-refractivity contribution in [2.24, 2.45) is 0 Å². The van der Waals surface area contributed by atoms with E-state index < -0.39 is 5.56 Å². The molecule has 2 heterocycles. The Morgan fingerprint density at radius 3 is 2.52 bits per heavy atom. The molecule has 0 aliphatic heterocycles. The maximum Gasteiger partial charge on any atom is 0.293 e. The molecule has 1 N–H and O–H groups in total. The number of aromatic nitrogens is 4. The number of benzene rings is 2. The quantitative estimate of drug-likeness (QED) is 0.513. The summed E-state index contributed by atoms with van der Waals surface area (Å²) < 4.78 is 16.0. The molecule has 156 valence electrons. The molecule has 1 aliphatic carbocycles. The first kappa shape index (κ1) is 19.4. The van der Waals surface area contributed by atoms with Crippen LogP contribution in [0.25, 0.3) is 16.6 Å². The minimum Gasteiger partial charge on any atom is -0.324 e. The third-order valence-corrected chi connectivity index (χ3v) is 5.42. The van der Waals surface area contributed by atoms with Crippen molar-refractivity contribution >= 4 is 34.1 Å². The van der Waals surface area contributed by atoms with Gasteiger partial charge < -0.3 is 5.32 Å². The molecule has 0 radical (unpaired) electrons. The number of hydrogen-bond donors (Lipinski definition) is 1. The monoisotopic (exact) mass is 437 g/mol. The molecule has 0 spiro atoms. The smallest absolute Gasteiger partial charge is 0.293 e. The van der Waals surface area contributed by atoms with Gasteiger partial charge in [-0.15, -0.1) is 0 Å². The first-order valence-corrected chi connectivity index (χ1v) is 10.2. The lowest BCUT2D eigenvalue weighted by Gasteiger charge is -2.10. The van der Waals surface area contributed by atoms with Gasteiger partial charge in [0.15, 0.2) is 0 Å². The number of amides is 1. The first-order valence-electron chi connectivity index (χ1n) is 9.80. The van der Waals surface area contributed by atoms with Gasteiger partial charge in [0, 0.05) is 22.0 Å². The van der Waals surface area contributed by atoms with Crippen molar-refractivity contribution in [2.75, 3.05) is 5.32 Å². The molecule has 1 aliphatic rings. The predicted molar refractivity (Wildman–Crippen MR) is 115 cm³/mol. The minimum atomic E-state index is -0.438. The van der Waals surface area contributed by atoms with Gasteiger partial charge in [0.05, 0.1) is 17.6 Å². The maximum atomic E-state index is 13.4. The predicted octanol–water partition coefficient (Wildman–Crippen LogP) is 3.89. The molecular weight excluding hydrogens is 421 g/mol. The number of hydrogen-bond acceptors (Lipinski definition) is 4. The van der Waals surface area contributed by atoms with E-state index in [0.717, 1.165) is 18.5 Å². The lowest BCUT2D eigenvalue weighted by Crippen LogP contribution is -2.31. The van der Waals surface area contributed by atoms with Crippen LogP contribution < -0.4 is 10.9 Å². The molecule has 9 heteroatoms. The molecule has 1 fully saturated rings. The van der Waals surface area contributed by atoms with E-state index in [1.807, 2.05) is 0 Å². The van der Waals surface area contributed by atoms with Gasteiger partial charge in [0.25, 0.3) is 5.56 Å². The number of nitrogens with one attached hydrogen (secondary N) is 1.